The van der Waals surface area contributed by atoms with E-state index in [0.717, 1.165) is 31.8 Å². The van der Waals surface area contributed by atoms with Crippen LogP contribution in [0.5, 0.6) is 0 Å². The second kappa shape index (κ2) is 7.04. The van der Waals surface area contributed by atoms with Crippen molar-refractivity contribution in [1.29, 1.82) is 0 Å². The Kier molecular flexibility index (Phi) is 5.10. The second-order valence-electron chi connectivity index (χ2n) is 4.80. The molecule has 0 radical (unpaired) electrons. The van der Waals surface area contributed by atoms with Crippen molar-refractivity contribution in [2.24, 2.45) is 0 Å². The van der Waals surface area contributed by atoms with Crippen LogP contribution in [0.15, 0.2) is 36.7 Å². The minimum Gasteiger partial charge on any atom is -0.307 e. The van der Waals surface area contributed by atoms with Crippen LogP contribution in [0.2, 0.25) is 0 Å². The summed E-state index contributed by atoms with van der Waals surface area (Å²) in [7, 11) is 0. The molecule has 0 saturated heterocycles. The zero-order chi connectivity index (χ0) is 13.5. The molecule has 4 heteroatoms. The molecular weight excluding hydrogens is 236 g/mol. The molecule has 0 saturated carbocycles. The van der Waals surface area contributed by atoms with Gasteiger partial charge in [0.15, 0.2) is 0 Å². The fourth-order valence-corrected chi connectivity index (χ4v) is 2.08. The lowest BCUT2D eigenvalue weighted by Gasteiger charge is -2.13. The molecule has 19 heavy (non-hydrogen) atoms. The van der Waals surface area contributed by atoms with Gasteiger partial charge >= 0.3 is 0 Å². The van der Waals surface area contributed by atoms with Crippen LogP contribution >= 0.6 is 0 Å². The number of aromatic nitrogens is 3. The van der Waals surface area contributed by atoms with E-state index >= 15 is 0 Å². The topological polar surface area (TPSA) is 42.7 Å². The first-order chi connectivity index (χ1) is 9.29. The van der Waals surface area contributed by atoms with Gasteiger partial charge < -0.3 is 5.32 Å². The van der Waals surface area contributed by atoms with E-state index in [1.165, 1.54) is 5.56 Å². The van der Waals surface area contributed by atoms with Crippen LogP contribution in [0.1, 0.15) is 31.7 Å². The Morgan fingerprint density at radius 3 is 2.79 bits per heavy atom. The van der Waals surface area contributed by atoms with Gasteiger partial charge in [0.05, 0.1) is 6.54 Å². The lowest BCUT2D eigenvalue weighted by molar-refractivity contribution is 0.486. The van der Waals surface area contributed by atoms with E-state index in [2.05, 4.69) is 59.6 Å². The Morgan fingerprint density at radius 2 is 2.05 bits per heavy atom. The predicted molar refractivity (Wildman–Crippen MR) is 76.8 cm³/mol. The number of nitrogens with one attached hydrogen (secondary N) is 1. The molecule has 2 aromatic rings. The minimum atomic E-state index is 0.474. The number of hydrogen-bond acceptors (Lipinski definition) is 3. The van der Waals surface area contributed by atoms with Gasteiger partial charge in [-0.25, -0.2) is 9.67 Å². The molecule has 102 valence electrons. The van der Waals surface area contributed by atoms with Crippen LogP contribution in [-0.2, 0) is 19.5 Å². The lowest BCUT2D eigenvalue weighted by Crippen LogP contribution is -2.27. The maximum atomic E-state index is 4.27. The van der Waals surface area contributed by atoms with Crippen molar-refractivity contribution in [3.8, 4) is 0 Å². The van der Waals surface area contributed by atoms with Crippen molar-refractivity contribution in [2.45, 2.75) is 45.8 Å². The Balaban J connectivity index is 1.74. The number of hydrogen-bond donors (Lipinski definition) is 1. The summed E-state index contributed by atoms with van der Waals surface area (Å²) in [6.45, 7) is 5.95. The molecule has 2 rings (SSSR count). The lowest BCUT2D eigenvalue weighted by atomic mass is 10.1. The smallest absolute Gasteiger partial charge is 0.140 e. The molecule has 1 atom stereocenters. The molecule has 1 N–H and O–H groups in total. The van der Waals surface area contributed by atoms with E-state index in [4.69, 9.17) is 0 Å². The van der Waals surface area contributed by atoms with Gasteiger partial charge in [-0.2, -0.15) is 5.10 Å². The molecule has 0 fully saturated rings. The van der Waals surface area contributed by atoms with Crippen LogP contribution in [0.25, 0.3) is 0 Å². The van der Waals surface area contributed by atoms with Gasteiger partial charge in [0, 0.05) is 12.6 Å². The molecule has 1 aromatic carbocycles. The number of benzene rings is 1. The fraction of sp³-hybridized carbons (Fsp3) is 0.467. The fourth-order valence-electron chi connectivity index (χ4n) is 2.08. The van der Waals surface area contributed by atoms with Crippen molar-refractivity contribution < 1.29 is 0 Å². The summed E-state index contributed by atoms with van der Waals surface area (Å²) in [6, 6.07) is 11.1. The van der Waals surface area contributed by atoms with Crippen LogP contribution in [0.3, 0.4) is 0 Å². The van der Waals surface area contributed by atoms with Gasteiger partial charge in [-0.15, -0.1) is 0 Å². The maximum Gasteiger partial charge on any atom is 0.140 e. The largest absolute Gasteiger partial charge is 0.307 e. The van der Waals surface area contributed by atoms with Gasteiger partial charge in [0.25, 0.3) is 0 Å². The van der Waals surface area contributed by atoms with E-state index in [9.17, 15) is 0 Å². The van der Waals surface area contributed by atoms with E-state index in [1.54, 1.807) is 6.33 Å². The molecule has 0 bridgehead atoms. The third-order valence-electron chi connectivity index (χ3n) is 3.31. The maximum absolute atomic E-state index is 4.27. The van der Waals surface area contributed by atoms with Crippen LogP contribution < -0.4 is 5.32 Å². The molecule has 4 nitrogen and oxygen atoms in total. The molecule has 1 unspecified atom stereocenters. The van der Waals surface area contributed by atoms with Crippen LogP contribution in [0, 0.1) is 0 Å². The van der Waals surface area contributed by atoms with Crippen molar-refractivity contribution >= 4 is 0 Å². The third-order valence-corrected chi connectivity index (χ3v) is 3.31. The minimum absolute atomic E-state index is 0.474. The van der Waals surface area contributed by atoms with Crippen molar-refractivity contribution in [3.05, 3.63) is 48.0 Å². The normalized spacial score (nSPS) is 12.5. The monoisotopic (exact) mass is 258 g/mol. The summed E-state index contributed by atoms with van der Waals surface area (Å²) in [5.74, 6) is 1.01. The van der Waals surface area contributed by atoms with Crippen molar-refractivity contribution in [2.75, 3.05) is 0 Å². The Bertz CT molecular complexity index is 478. The molecule has 0 aliphatic carbocycles. The van der Waals surface area contributed by atoms with Gasteiger partial charge in [0.2, 0.25) is 0 Å². The SMILES string of the molecule is CCn1ncnc1CNC(C)CCc1ccccc1. The van der Waals surface area contributed by atoms with Crippen molar-refractivity contribution in [1.82, 2.24) is 20.1 Å². The van der Waals surface area contributed by atoms with Crippen LogP contribution in [-0.4, -0.2) is 20.8 Å². The summed E-state index contributed by atoms with van der Waals surface area (Å²) < 4.78 is 1.93. The Morgan fingerprint density at radius 1 is 1.26 bits per heavy atom. The molecule has 1 heterocycles. The molecule has 0 amide bonds. The highest BCUT2D eigenvalue weighted by Crippen LogP contribution is 2.05. The zero-order valence-corrected chi connectivity index (χ0v) is 11.7. The summed E-state index contributed by atoms with van der Waals surface area (Å²) in [5.41, 5.74) is 1.40. The average molecular weight is 258 g/mol. The molecular formula is C15H22N4. The molecule has 1 aromatic heterocycles. The second-order valence-corrected chi connectivity index (χ2v) is 4.80. The standard InChI is InChI=1S/C15H22N4/c1-3-19-15(17-12-18-19)11-16-13(2)9-10-14-7-5-4-6-8-14/h4-8,12-13,16H,3,9-11H2,1-2H3. The number of aryl methyl sites for hydroxylation is 2. The predicted octanol–water partition coefficient (Wildman–Crippen LogP) is 2.41. The van der Waals surface area contributed by atoms with E-state index < -0.39 is 0 Å². The number of nitrogens with zero attached hydrogens (tertiary/aromatic N) is 3. The summed E-state index contributed by atoms with van der Waals surface area (Å²) in [6.07, 6.45) is 3.86. The highest BCUT2D eigenvalue weighted by atomic mass is 15.3. The first kappa shape index (κ1) is 13.7. The molecule has 0 aliphatic rings. The van der Waals surface area contributed by atoms with Gasteiger partial charge in [0.1, 0.15) is 12.2 Å². The summed E-state index contributed by atoms with van der Waals surface area (Å²) >= 11 is 0. The van der Waals surface area contributed by atoms with Gasteiger partial charge in [-0.3, -0.25) is 0 Å². The first-order valence-corrected chi connectivity index (χ1v) is 6.93. The summed E-state index contributed by atoms with van der Waals surface area (Å²) in [5, 5.41) is 7.68. The molecule has 0 spiro atoms. The highest BCUT2D eigenvalue weighted by Gasteiger charge is 2.06. The summed E-state index contributed by atoms with van der Waals surface area (Å²) in [4.78, 5) is 4.27. The highest BCUT2D eigenvalue weighted by molar-refractivity contribution is 5.14. The number of rotatable bonds is 7. The molecule has 0 aliphatic heterocycles. The van der Waals surface area contributed by atoms with E-state index in [-0.39, 0.29) is 0 Å². The average Bonchev–Trinajstić information content (AvgIpc) is 2.91. The Hall–Kier alpha value is -1.68. The van der Waals surface area contributed by atoms with E-state index in [1.807, 2.05) is 4.68 Å². The quantitative estimate of drug-likeness (QED) is 0.829. The Labute approximate surface area is 114 Å². The van der Waals surface area contributed by atoms with Crippen molar-refractivity contribution in [3.63, 3.8) is 0 Å². The van der Waals surface area contributed by atoms with Crippen LogP contribution in [0.4, 0.5) is 0 Å². The van der Waals surface area contributed by atoms with E-state index in [0.29, 0.717) is 6.04 Å². The zero-order valence-electron chi connectivity index (χ0n) is 11.7. The third kappa shape index (κ3) is 4.17. The van der Waals surface area contributed by atoms with Gasteiger partial charge in [-0.05, 0) is 32.3 Å². The first-order valence-electron chi connectivity index (χ1n) is 6.93. The van der Waals surface area contributed by atoms with Gasteiger partial charge in [-0.1, -0.05) is 30.3 Å².